The summed E-state index contributed by atoms with van der Waals surface area (Å²) in [6, 6.07) is 5.28. The summed E-state index contributed by atoms with van der Waals surface area (Å²) in [7, 11) is -3.77. The Morgan fingerprint density at radius 1 is 1.11 bits per heavy atom. The van der Waals surface area contributed by atoms with Crippen LogP contribution in [0.2, 0.25) is 0 Å². The molecule has 1 fully saturated rings. The Balaban J connectivity index is 1.85. The maximum atomic E-state index is 12.5. The quantitative estimate of drug-likeness (QED) is 0.721. The van der Waals surface area contributed by atoms with E-state index in [2.05, 4.69) is 5.32 Å². The number of ether oxygens (including phenoxy) is 1. The van der Waals surface area contributed by atoms with E-state index in [4.69, 9.17) is 9.88 Å². The molecular formula is C18H28N4O5S. The summed E-state index contributed by atoms with van der Waals surface area (Å²) < 4.78 is 27.8. The topological polar surface area (TPSA) is 122 Å². The minimum Gasteiger partial charge on any atom is -0.449 e. The molecule has 0 bridgehead atoms. The first kappa shape index (κ1) is 22.1. The molecule has 3 N–H and O–H groups in total. The van der Waals surface area contributed by atoms with Crippen LogP contribution in [-0.2, 0) is 19.6 Å². The fourth-order valence-corrected chi connectivity index (χ4v) is 3.28. The number of nitrogens with two attached hydrogens (primary N) is 1. The average Bonchev–Trinajstić information content (AvgIpc) is 2.65. The van der Waals surface area contributed by atoms with Crippen LogP contribution >= 0.6 is 0 Å². The van der Waals surface area contributed by atoms with Crippen molar-refractivity contribution in [1.29, 1.82) is 0 Å². The maximum Gasteiger partial charge on any atom is 0.409 e. The van der Waals surface area contributed by atoms with Gasteiger partial charge in [-0.1, -0.05) is 13.8 Å². The third-order valence-corrected chi connectivity index (χ3v) is 5.42. The highest BCUT2D eigenvalue weighted by Crippen LogP contribution is 2.15. The van der Waals surface area contributed by atoms with Gasteiger partial charge in [0.2, 0.25) is 15.9 Å². The summed E-state index contributed by atoms with van der Waals surface area (Å²) in [6.07, 6.45) is -0.319. The van der Waals surface area contributed by atoms with Gasteiger partial charge in [-0.25, -0.2) is 18.4 Å². The molecule has 1 saturated heterocycles. The van der Waals surface area contributed by atoms with E-state index in [0.717, 1.165) is 0 Å². The highest BCUT2D eigenvalue weighted by atomic mass is 32.2. The first-order chi connectivity index (χ1) is 13.1. The number of anilines is 1. The van der Waals surface area contributed by atoms with Crippen LogP contribution in [-0.4, -0.2) is 69.0 Å². The predicted molar refractivity (Wildman–Crippen MR) is 105 cm³/mol. The van der Waals surface area contributed by atoms with Crippen molar-refractivity contribution in [3.63, 3.8) is 0 Å². The van der Waals surface area contributed by atoms with E-state index in [9.17, 15) is 18.0 Å². The molecule has 1 aromatic rings. The molecule has 1 atom stereocenters. The molecule has 10 heteroatoms. The molecule has 0 spiro atoms. The van der Waals surface area contributed by atoms with Crippen molar-refractivity contribution >= 4 is 27.7 Å². The minimum atomic E-state index is -3.77. The lowest BCUT2D eigenvalue weighted by Crippen LogP contribution is -2.54. The first-order valence-corrected chi connectivity index (χ1v) is 10.7. The van der Waals surface area contributed by atoms with Gasteiger partial charge in [-0.05, 0) is 37.1 Å². The molecule has 28 heavy (non-hydrogen) atoms. The lowest BCUT2D eigenvalue weighted by molar-refractivity contribution is -0.121. The largest absolute Gasteiger partial charge is 0.449 e. The van der Waals surface area contributed by atoms with Crippen molar-refractivity contribution in [3.8, 4) is 0 Å². The van der Waals surface area contributed by atoms with Gasteiger partial charge in [0.1, 0.15) is 0 Å². The third-order valence-electron chi connectivity index (χ3n) is 4.49. The SMILES string of the molecule is CC(C)COC(=O)N1CCN(C(C)C(=O)Nc2ccc(S(N)(=O)=O)cc2)CC1. The lowest BCUT2D eigenvalue weighted by Gasteiger charge is -2.36. The number of hydrogen-bond donors (Lipinski definition) is 2. The van der Waals surface area contributed by atoms with Gasteiger partial charge in [-0.3, -0.25) is 9.69 Å². The number of amides is 2. The molecule has 1 heterocycles. The number of hydrogen-bond acceptors (Lipinski definition) is 6. The first-order valence-electron chi connectivity index (χ1n) is 9.17. The number of benzene rings is 1. The zero-order chi connectivity index (χ0) is 20.9. The third kappa shape index (κ3) is 6.18. The van der Waals surface area contributed by atoms with Crippen molar-refractivity contribution in [2.24, 2.45) is 11.1 Å². The fraction of sp³-hybridized carbons (Fsp3) is 0.556. The van der Waals surface area contributed by atoms with Gasteiger partial charge in [0.05, 0.1) is 17.5 Å². The van der Waals surface area contributed by atoms with Crippen molar-refractivity contribution in [2.75, 3.05) is 38.1 Å². The van der Waals surface area contributed by atoms with Crippen molar-refractivity contribution in [1.82, 2.24) is 9.80 Å². The predicted octanol–water partition coefficient (Wildman–Crippen LogP) is 1.07. The molecular weight excluding hydrogens is 384 g/mol. The van der Waals surface area contributed by atoms with Crippen LogP contribution < -0.4 is 10.5 Å². The van der Waals surface area contributed by atoms with Gasteiger partial charge in [0.25, 0.3) is 0 Å². The highest BCUT2D eigenvalue weighted by Gasteiger charge is 2.28. The molecule has 9 nitrogen and oxygen atoms in total. The van der Waals surface area contributed by atoms with Crippen LogP contribution in [0.1, 0.15) is 20.8 Å². The Hall–Kier alpha value is -2.17. The van der Waals surface area contributed by atoms with E-state index in [-0.39, 0.29) is 22.8 Å². The Morgan fingerprint density at radius 2 is 1.68 bits per heavy atom. The zero-order valence-corrected chi connectivity index (χ0v) is 17.2. The number of nitrogens with one attached hydrogen (secondary N) is 1. The second-order valence-corrected chi connectivity index (χ2v) is 8.79. The summed E-state index contributed by atoms with van der Waals surface area (Å²) in [5.74, 6) is 0.0761. The second kappa shape index (κ2) is 9.35. The molecule has 1 unspecified atom stereocenters. The Bertz CT molecular complexity index is 787. The number of carbonyl (C=O) groups excluding carboxylic acids is 2. The summed E-state index contributed by atoms with van der Waals surface area (Å²) >= 11 is 0. The van der Waals surface area contributed by atoms with Crippen LogP contribution in [0.4, 0.5) is 10.5 Å². The number of rotatable bonds is 6. The van der Waals surface area contributed by atoms with Crippen LogP contribution in [0.3, 0.4) is 0 Å². The number of nitrogens with zero attached hydrogens (tertiary/aromatic N) is 2. The van der Waals surface area contributed by atoms with E-state index in [1.54, 1.807) is 11.8 Å². The van der Waals surface area contributed by atoms with Gasteiger partial charge in [0, 0.05) is 31.9 Å². The number of primary sulfonamides is 1. The van der Waals surface area contributed by atoms with Crippen molar-refractivity contribution in [2.45, 2.75) is 31.7 Å². The average molecular weight is 413 g/mol. The van der Waals surface area contributed by atoms with Crippen molar-refractivity contribution in [3.05, 3.63) is 24.3 Å². The van der Waals surface area contributed by atoms with E-state index in [1.165, 1.54) is 24.3 Å². The van der Waals surface area contributed by atoms with Gasteiger partial charge in [-0.15, -0.1) is 0 Å². The van der Waals surface area contributed by atoms with Crippen LogP contribution in [0, 0.1) is 5.92 Å². The molecule has 2 amide bonds. The standard InChI is InChI=1S/C18H28N4O5S/c1-13(2)12-27-18(24)22-10-8-21(9-11-22)14(3)17(23)20-15-4-6-16(7-5-15)28(19,25)26/h4-7,13-14H,8-12H2,1-3H3,(H,20,23)(H2,19,25,26). The Kier molecular flexibility index (Phi) is 7.39. The molecule has 0 aliphatic carbocycles. The highest BCUT2D eigenvalue weighted by molar-refractivity contribution is 7.89. The molecule has 0 radical (unpaired) electrons. The molecule has 0 saturated carbocycles. The van der Waals surface area contributed by atoms with Gasteiger partial charge < -0.3 is 15.0 Å². The van der Waals surface area contributed by atoms with Gasteiger partial charge >= 0.3 is 6.09 Å². The molecule has 156 valence electrons. The maximum absolute atomic E-state index is 12.5. The number of carbonyl (C=O) groups is 2. The van der Waals surface area contributed by atoms with Gasteiger partial charge in [0.15, 0.2) is 0 Å². The second-order valence-electron chi connectivity index (χ2n) is 7.23. The molecule has 2 rings (SSSR count). The molecule has 1 aromatic carbocycles. The summed E-state index contributed by atoms with van der Waals surface area (Å²) in [4.78, 5) is 28.1. The van der Waals surface area contributed by atoms with E-state index >= 15 is 0 Å². The molecule has 1 aliphatic rings. The van der Waals surface area contributed by atoms with Crippen LogP contribution in [0.15, 0.2) is 29.2 Å². The molecule has 1 aliphatic heterocycles. The van der Waals surface area contributed by atoms with Crippen LogP contribution in [0.5, 0.6) is 0 Å². The summed E-state index contributed by atoms with van der Waals surface area (Å²) in [5, 5.41) is 7.82. The zero-order valence-electron chi connectivity index (χ0n) is 16.4. The Morgan fingerprint density at radius 3 is 2.18 bits per heavy atom. The summed E-state index contributed by atoms with van der Waals surface area (Å²) in [5.41, 5.74) is 0.486. The lowest BCUT2D eigenvalue weighted by atomic mass is 10.2. The normalized spacial score (nSPS) is 16.7. The van der Waals surface area contributed by atoms with Crippen LogP contribution in [0.25, 0.3) is 0 Å². The fourth-order valence-electron chi connectivity index (χ4n) is 2.76. The minimum absolute atomic E-state index is 0.0148. The molecule has 0 aromatic heterocycles. The number of sulfonamides is 1. The van der Waals surface area contributed by atoms with Crippen molar-refractivity contribution < 1.29 is 22.7 Å². The van der Waals surface area contributed by atoms with Gasteiger partial charge in [-0.2, -0.15) is 0 Å². The van der Waals surface area contributed by atoms with E-state index < -0.39 is 16.1 Å². The number of piperazine rings is 1. The summed E-state index contributed by atoms with van der Waals surface area (Å²) in [6.45, 7) is 8.27. The Labute approximate surface area is 165 Å². The van der Waals surface area contributed by atoms with E-state index in [1.807, 2.05) is 18.7 Å². The smallest absolute Gasteiger partial charge is 0.409 e. The monoisotopic (exact) mass is 412 g/mol. The van der Waals surface area contributed by atoms with E-state index in [0.29, 0.717) is 38.5 Å².